The Kier molecular flexibility index (Phi) is 3.38. The van der Waals surface area contributed by atoms with Gasteiger partial charge in [-0.15, -0.1) is 0 Å². The molecular formula is C9H12ClNO. The van der Waals surface area contributed by atoms with Crippen molar-refractivity contribution >= 4 is 17.3 Å². The van der Waals surface area contributed by atoms with Gasteiger partial charge in [0.25, 0.3) is 0 Å². The van der Waals surface area contributed by atoms with Crippen LogP contribution >= 0.6 is 11.6 Å². The molecule has 1 rings (SSSR count). The molecule has 0 bridgehead atoms. The maximum absolute atomic E-state index is 5.83. The molecule has 2 N–H and O–H groups in total. The Morgan fingerprint density at radius 3 is 2.83 bits per heavy atom. The monoisotopic (exact) mass is 185 g/mol. The van der Waals surface area contributed by atoms with Gasteiger partial charge < -0.3 is 10.5 Å². The quantitative estimate of drug-likeness (QED) is 0.733. The number of nitrogen functional groups attached to an aromatic ring is 1. The van der Waals surface area contributed by atoms with Crippen LogP contribution in [0.3, 0.4) is 0 Å². The van der Waals surface area contributed by atoms with Crippen LogP contribution in [0.2, 0.25) is 5.02 Å². The summed E-state index contributed by atoms with van der Waals surface area (Å²) in [5.74, 6) is 0. The molecule has 66 valence electrons. The van der Waals surface area contributed by atoms with E-state index in [1.165, 1.54) is 0 Å². The smallest absolute Gasteiger partial charge is 0.0638 e. The van der Waals surface area contributed by atoms with Crippen LogP contribution in [0.25, 0.3) is 0 Å². The molecule has 0 aromatic heterocycles. The molecule has 0 aliphatic rings. The van der Waals surface area contributed by atoms with Crippen LogP contribution in [0.5, 0.6) is 0 Å². The first kappa shape index (κ1) is 9.36. The standard InChI is InChI=1S/C9H12ClNO/c1-12-5-4-7-2-3-9(11)8(10)6-7/h2-3,6H,4-5,11H2,1H3. The fourth-order valence-corrected chi connectivity index (χ4v) is 1.15. The predicted octanol–water partition coefficient (Wildman–Crippen LogP) is 2.11. The second-order valence-corrected chi connectivity index (χ2v) is 3.01. The number of anilines is 1. The van der Waals surface area contributed by atoms with Gasteiger partial charge in [-0.1, -0.05) is 17.7 Å². The first-order chi connectivity index (χ1) is 5.74. The number of rotatable bonds is 3. The lowest BCUT2D eigenvalue weighted by Crippen LogP contribution is -1.95. The van der Waals surface area contributed by atoms with Gasteiger partial charge in [-0.05, 0) is 24.1 Å². The summed E-state index contributed by atoms with van der Waals surface area (Å²) in [5, 5.41) is 0.614. The van der Waals surface area contributed by atoms with Gasteiger partial charge in [-0.2, -0.15) is 0 Å². The highest BCUT2D eigenvalue weighted by atomic mass is 35.5. The predicted molar refractivity (Wildman–Crippen MR) is 51.4 cm³/mol. The summed E-state index contributed by atoms with van der Waals surface area (Å²) in [6, 6.07) is 5.64. The van der Waals surface area contributed by atoms with E-state index in [0.29, 0.717) is 17.3 Å². The molecular weight excluding hydrogens is 174 g/mol. The van der Waals surface area contributed by atoms with Gasteiger partial charge >= 0.3 is 0 Å². The van der Waals surface area contributed by atoms with E-state index in [1.54, 1.807) is 7.11 Å². The first-order valence-electron chi connectivity index (χ1n) is 3.77. The molecule has 0 amide bonds. The summed E-state index contributed by atoms with van der Waals surface area (Å²) in [6.45, 7) is 0.709. The van der Waals surface area contributed by atoms with Crippen molar-refractivity contribution in [1.82, 2.24) is 0 Å². The van der Waals surface area contributed by atoms with Gasteiger partial charge in [-0.3, -0.25) is 0 Å². The highest BCUT2D eigenvalue weighted by Gasteiger charge is 1.97. The van der Waals surface area contributed by atoms with Gasteiger partial charge in [0.05, 0.1) is 17.3 Å². The normalized spacial score (nSPS) is 10.2. The summed E-state index contributed by atoms with van der Waals surface area (Å²) in [5.41, 5.74) is 7.33. The number of benzene rings is 1. The number of ether oxygens (including phenoxy) is 1. The third kappa shape index (κ3) is 2.40. The highest BCUT2D eigenvalue weighted by Crippen LogP contribution is 2.19. The number of hydrogen-bond acceptors (Lipinski definition) is 2. The highest BCUT2D eigenvalue weighted by molar-refractivity contribution is 6.33. The van der Waals surface area contributed by atoms with Gasteiger partial charge in [-0.25, -0.2) is 0 Å². The molecule has 2 nitrogen and oxygen atoms in total. The van der Waals surface area contributed by atoms with Gasteiger partial charge in [0.2, 0.25) is 0 Å². The van der Waals surface area contributed by atoms with Crippen molar-refractivity contribution in [3.8, 4) is 0 Å². The molecule has 0 unspecified atom stereocenters. The van der Waals surface area contributed by atoms with Crippen molar-refractivity contribution in [3.63, 3.8) is 0 Å². The average Bonchev–Trinajstić information content (AvgIpc) is 2.07. The zero-order chi connectivity index (χ0) is 8.97. The molecule has 0 atom stereocenters. The fourth-order valence-electron chi connectivity index (χ4n) is 0.946. The molecule has 0 spiro atoms. The van der Waals surface area contributed by atoms with Gasteiger partial charge in [0.15, 0.2) is 0 Å². The first-order valence-corrected chi connectivity index (χ1v) is 4.14. The fraction of sp³-hybridized carbons (Fsp3) is 0.333. The van der Waals surface area contributed by atoms with Crippen molar-refractivity contribution in [2.75, 3.05) is 19.5 Å². The van der Waals surface area contributed by atoms with E-state index in [-0.39, 0.29) is 0 Å². The lowest BCUT2D eigenvalue weighted by molar-refractivity contribution is 0.202. The lowest BCUT2D eigenvalue weighted by atomic mass is 10.1. The van der Waals surface area contributed by atoms with Crippen molar-refractivity contribution in [2.45, 2.75) is 6.42 Å². The number of hydrogen-bond donors (Lipinski definition) is 1. The lowest BCUT2D eigenvalue weighted by Gasteiger charge is -2.02. The van der Waals surface area contributed by atoms with Crippen LogP contribution in [-0.4, -0.2) is 13.7 Å². The van der Waals surface area contributed by atoms with E-state index < -0.39 is 0 Å². The maximum Gasteiger partial charge on any atom is 0.0638 e. The van der Waals surface area contributed by atoms with Crippen molar-refractivity contribution in [2.24, 2.45) is 0 Å². The molecule has 1 aromatic carbocycles. The van der Waals surface area contributed by atoms with E-state index in [4.69, 9.17) is 22.1 Å². The molecule has 0 heterocycles. The number of methoxy groups -OCH3 is 1. The second-order valence-electron chi connectivity index (χ2n) is 2.60. The molecule has 0 saturated heterocycles. The minimum absolute atomic E-state index is 0.614. The molecule has 0 aliphatic heterocycles. The van der Waals surface area contributed by atoms with Gasteiger partial charge in [0.1, 0.15) is 0 Å². The van der Waals surface area contributed by atoms with E-state index >= 15 is 0 Å². The third-order valence-corrected chi connectivity index (χ3v) is 1.99. The zero-order valence-corrected chi connectivity index (χ0v) is 7.77. The van der Waals surface area contributed by atoms with Crippen molar-refractivity contribution < 1.29 is 4.74 Å². The summed E-state index contributed by atoms with van der Waals surface area (Å²) in [4.78, 5) is 0. The van der Waals surface area contributed by atoms with E-state index in [1.807, 2.05) is 18.2 Å². The molecule has 12 heavy (non-hydrogen) atoms. The van der Waals surface area contributed by atoms with E-state index in [9.17, 15) is 0 Å². The van der Waals surface area contributed by atoms with Crippen molar-refractivity contribution in [1.29, 1.82) is 0 Å². The Labute approximate surface area is 77.3 Å². The molecule has 1 aromatic rings. The van der Waals surface area contributed by atoms with Crippen LogP contribution in [0.15, 0.2) is 18.2 Å². The summed E-state index contributed by atoms with van der Waals surface area (Å²) in [7, 11) is 1.68. The van der Waals surface area contributed by atoms with Crippen LogP contribution in [0.1, 0.15) is 5.56 Å². The Bertz CT molecular complexity index is 263. The summed E-state index contributed by atoms with van der Waals surface area (Å²) >= 11 is 5.83. The SMILES string of the molecule is COCCc1ccc(N)c(Cl)c1. The van der Waals surface area contributed by atoms with Crippen LogP contribution in [-0.2, 0) is 11.2 Å². The molecule has 0 fully saturated rings. The van der Waals surface area contributed by atoms with E-state index in [2.05, 4.69) is 0 Å². The van der Waals surface area contributed by atoms with Crippen LogP contribution in [0, 0.1) is 0 Å². The Morgan fingerprint density at radius 1 is 1.50 bits per heavy atom. The third-order valence-electron chi connectivity index (χ3n) is 1.66. The maximum atomic E-state index is 5.83. The Hall–Kier alpha value is -0.730. The summed E-state index contributed by atoms with van der Waals surface area (Å²) < 4.78 is 4.94. The Morgan fingerprint density at radius 2 is 2.25 bits per heavy atom. The van der Waals surface area contributed by atoms with Gasteiger partial charge in [0, 0.05) is 7.11 Å². The topological polar surface area (TPSA) is 35.2 Å². The van der Waals surface area contributed by atoms with Crippen LogP contribution in [0.4, 0.5) is 5.69 Å². The largest absolute Gasteiger partial charge is 0.398 e. The minimum Gasteiger partial charge on any atom is -0.398 e. The second kappa shape index (κ2) is 4.33. The van der Waals surface area contributed by atoms with Crippen molar-refractivity contribution in [3.05, 3.63) is 28.8 Å². The minimum atomic E-state index is 0.614. The molecule has 0 radical (unpaired) electrons. The van der Waals surface area contributed by atoms with Crippen LogP contribution < -0.4 is 5.73 Å². The average molecular weight is 186 g/mol. The molecule has 0 aliphatic carbocycles. The zero-order valence-electron chi connectivity index (χ0n) is 7.01. The number of halogens is 1. The Balaban J connectivity index is 2.69. The molecule has 0 saturated carbocycles. The van der Waals surface area contributed by atoms with E-state index in [0.717, 1.165) is 12.0 Å². The summed E-state index contributed by atoms with van der Waals surface area (Å²) in [6.07, 6.45) is 0.872. The molecule has 3 heteroatoms. The number of nitrogens with two attached hydrogens (primary N) is 1.